The molecule has 134 heavy (non-hydrogen) atoms. The molecular weight excluding hydrogens is 1700 g/mol. The fourth-order valence-corrected chi connectivity index (χ4v) is 25.0. The second-order valence-corrected chi connectivity index (χ2v) is 39.2. The highest BCUT2D eigenvalue weighted by atomic mass is 32.1. The van der Waals surface area contributed by atoms with E-state index in [2.05, 4.69) is 440 Å². The van der Waals surface area contributed by atoms with Gasteiger partial charge in [0.25, 0.3) is 0 Å². The van der Waals surface area contributed by atoms with Crippen molar-refractivity contribution in [2.75, 3.05) is 0 Å². The first-order valence-corrected chi connectivity index (χ1v) is 49.3. The number of fused-ring (bicyclic) bond motifs is 14. The summed E-state index contributed by atoms with van der Waals surface area (Å²) in [6, 6.07) is 152. The SMILES string of the molecule is CCc1ccc2nc(-c3ccc(-c4c5ccccc5c(-c5ccc(-c6nc7ccc(CC)cc7s6)cc5)c5c(-c6ccccc6)c6ccccc6c(-c6ccccc6)c45)cc3)sc2c1.Cc1ccc2ccc3nc(-c4ccc(-c5c6ccccc6c(-c6ccc(-c7nc8ccc9ccc(C)cc9c8s7)cc6)c6c(-c7ccccc7)c7ccccc7c(-c7ccccc7)c56)cc4)sc3c2c1. The standard InChI is InChI=1S/C66H42N2S2.C60H42N2S2/c1-39-21-23-41-33-35-55-63(53(41)37-39)69-65(67-55)47-29-25-45(26-30-47)59-51-19-11-12-20-52(51)60(46-27-31-48(32-28-46)66-68-56-36-34-42-24-22-40(2)38-54(42)64(56)70-66)62-58(44-15-7-4-8-16-44)50-18-10-9-17-49(50)57(61(59)62)43-13-5-3-6-14-43;1-3-37-23-33-49-51(35-37)63-59(61-49)43-29-25-41(26-30-43)55-47-21-13-14-22-48(47)56(42-27-31-44(32-28-42)60-62-50-34-24-38(4-2)36-52(50)64-60)58-54(40-17-9-6-10-18-40)46-20-12-11-19-45(46)53(57(55)58)39-15-7-5-8-16-39/h3-38H,1-2H3;5-36H,3-4H2,1-2H3. The van der Waals surface area contributed by atoms with Gasteiger partial charge in [0.05, 0.1) is 40.9 Å². The predicted molar refractivity (Wildman–Crippen MR) is 579 cm³/mol. The Morgan fingerprint density at radius 1 is 0.187 bits per heavy atom. The zero-order valence-corrected chi connectivity index (χ0v) is 77.4. The molecule has 0 amide bonds. The first-order valence-electron chi connectivity index (χ1n) is 46.1. The van der Waals surface area contributed by atoms with Crippen LogP contribution in [0.25, 0.3) is 258 Å². The summed E-state index contributed by atoms with van der Waals surface area (Å²) >= 11 is 7.11. The van der Waals surface area contributed by atoms with E-state index in [0.29, 0.717) is 0 Å². The van der Waals surface area contributed by atoms with Gasteiger partial charge in [0.2, 0.25) is 0 Å². The van der Waals surface area contributed by atoms with Crippen LogP contribution in [0.3, 0.4) is 0 Å². The van der Waals surface area contributed by atoms with E-state index in [1.54, 1.807) is 45.3 Å². The summed E-state index contributed by atoms with van der Waals surface area (Å²) in [5, 5.41) is 23.9. The monoisotopic (exact) mass is 1780 g/mol. The van der Waals surface area contributed by atoms with Crippen molar-refractivity contribution >= 4 is 172 Å². The summed E-state index contributed by atoms with van der Waals surface area (Å²) in [5.74, 6) is 0. The van der Waals surface area contributed by atoms with Crippen molar-refractivity contribution in [1.82, 2.24) is 19.9 Å². The zero-order chi connectivity index (χ0) is 89.2. The third kappa shape index (κ3) is 13.9. The van der Waals surface area contributed by atoms with Gasteiger partial charge >= 0.3 is 0 Å². The summed E-state index contributed by atoms with van der Waals surface area (Å²) in [6.07, 6.45) is 2.03. The number of hydrogen-bond donors (Lipinski definition) is 0. The Morgan fingerprint density at radius 2 is 0.403 bits per heavy atom. The number of thiazole rings is 4. The molecule has 26 rings (SSSR count). The van der Waals surface area contributed by atoms with Crippen LogP contribution in [0.5, 0.6) is 0 Å². The van der Waals surface area contributed by atoms with Crippen LogP contribution in [0, 0.1) is 13.8 Å². The van der Waals surface area contributed by atoms with Crippen molar-refractivity contribution in [2.24, 2.45) is 0 Å². The van der Waals surface area contributed by atoms with Crippen LogP contribution < -0.4 is 0 Å². The maximum Gasteiger partial charge on any atom is 0.124 e. The lowest BCUT2D eigenvalue weighted by Crippen LogP contribution is -1.97. The molecule has 0 atom stereocenters. The lowest BCUT2D eigenvalue weighted by Gasteiger charge is -2.25. The number of aromatic nitrogens is 4. The largest absolute Gasteiger partial charge is 0.236 e. The van der Waals surface area contributed by atoms with Crippen LogP contribution in [0.4, 0.5) is 0 Å². The minimum atomic E-state index is 1.01. The molecule has 8 heteroatoms. The topological polar surface area (TPSA) is 51.6 Å². The van der Waals surface area contributed by atoms with Crippen LogP contribution in [-0.2, 0) is 12.8 Å². The van der Waals surface area contributed by atoms with Crippen LogP contribution in [0.2, 0.25) is 0 Å². The molecule has 4 aromatic heterocycles. The van der Waals surface area contributed by atoms with Crippen LogP contribution >= 0.6 is 45.3 Å². The predicted octanol–water partition coefficient (Wildman–Crippen LogP) is 36.8. The molecule has 26 aromatic rings. The number of rotatable bonds is 14. The number of hydrogen-bond acceptors (Lipinski definition) is 8. The van der Waals surface area contributed by atoms with Crippen LogP contribution in [-0.4, -0.2) is 19.9 Å². The third-order valence-corrected chi connectivity index (χ3v) is 31.5. The molecule has 632 valence electrons. The molecule has 4 heterocycles. The van der Waals surface area contributed by atoms with Gasteiger partial charge in [0.15, 0.2) is 0 Å². The normalized spacial score (nSPS) is 11.8. The Morgan fingerprint density at radius 3 is 0.664 bits per heavy atom. The Labute approximate surface area is 792 Å². The Bertz CT molecular complexity index is 8640. The molecule has 0 spiro atoms. The highest BCUT2D eigenvalue weighted by Gasteiger charge is 2.30. The van der Waals surface area contributed by atoms with Crippen molar-refractivity contribution in [3.63, 3.8) is 0 Å². The average molecular weight is 1780 g/mol. The zero-order valence-electron chi connectivity index (χ0n) is 74.1. The maximum absolute atomic E-state index is 5.21. The van der Waals surface area contributed by atoms with E-state index < -0.39 is 0 Å². The minimum absolute atomic E-state index is 1.01. The molecule has 0 saturated carbocycles. The van der Waals surface area contributed by atoms with Gasteiger partial charge in [-0.3, -0.25) is 0 Å². The van der Waals surface area contributed by atoms with Gasteiger partial charge in [-0.2, -0.15) is 0 Å². The quantitative estimate of drug-likeness (QED) is 0.102. The fraction of sp³-hybridized carbons (Fsp3) is 0.0476. The fourth-order valence-electron chi connectivity index (χ4n) is 20.7. The van der Waals surface area contributed by atoms with E-state index in [0.717, 1.165) is 77.2 Å². The van der Waals surface area contributed by atoms with Gasteiger partial charge in [-0.05, 0) is 251 Å². The summed E-state index contributed by atoms with van der Waals surface area (Å²) < 4.78 is 4.94. The number of aryl methyl sites for hydroxylation is 4. The van der Waals surface area contributed by atoms with E-state index in [1.807, 2.05) is 0 Å². The van der Waals surface area contributed by atoms with Crippen molar-refractivity contribution in [3.8, 4) is 131 Å². The van der Waals surface area contributed by atoms with Gasteiger partial charge < -0.3 is 0 Å². The van der Waals surface area contributed by atoms with Gasteiger partial charge in [-0.25, -0.2) is 19.9 Å². The van der Waals surface area contributed by atoms with Gasteiger partial charge in [-0.15, -0.1) is 45.3 Å². The lowest BCUT2D eigenvalue weighted by atomic mass is 9.77. The summed E-state index contributed by atoms with van der Waals surface area (Å²) in [4.78, 5) is 20.6. The molecular formula is C126H84N4S4. The first-order chi connectivity index (χ1) is 66.1. The molecule has 0 bridgehead atoms. The summed E-state index contributed by atoms with van der Waals surface area (Å²) in [7, 11) is 0. The number of nitrogens with zero attached hydrogens (tertiary/aromatic N) is 4. The highest BCUT2D eigenvalue weighted by molar-refractivity contribution is 7.23. The van der Waals surface area contributed by atoms with E-state index in [-0.39, 0.29) is 0 Å². The van der Waals surface area contributed by atoms with Gasteiger partial charge in [0.1, 0.15) is 20.0 Å². The summed E-state index contributed by atoms with van der Waals surface area (Å²) in [5.41, 5.74) is 33.2. The highest BCUT2D eigenvalue weighted by Crippen LogP contribution is 2.58. The molecule has 4 nitrogen and oxygen atoms in total. The molecule has 0 radical (unpaired) electrons. The molecule has 0 aliphatic rings. The van der Waals surface area contributed by atoms with E-state index >= 15 is 0 Å². The van der Waals surface area contributed by atoms with E-state index in [9.17, 15) is 0 Å². The van der Waals surface area contributed by atoms with Crippen LogP contribution in [0.1, 0.15) is 36.1 Å². The van der Waals surface area contributed by atoms with E-state index in [1.165, 1.54) is 216 Å². The van der Waals surface area contributed by atoms with Crippen molar-refractivity contribution < 1.29 is 0 Å². The summed E-state index contributed by atoms with van der Waals surface area (Å²) in [6.45, 7) is 8.74. The second kappa shape index (κ2) is 33.4. The van der Waals surface area contributed by atoms with E-state index in [4.69, 9.17) is 19.9 Å². The maximum atomic E-state index is 5.21. The molecule has 0 aliphatic heterocycles. The smallest absolute Gasteiger partial charge is 0.124 e. The third-order valence-electron chi connectivity index (χ3n) is 27.1. The molecule has 22 aromatic carbocycles. The Balaban J connectivity index is 0.000000144. The average Bonchev–Trinajstić information content (AvgIpc) is 0.877. The lowest BCUT2D eigenvalue weighted by molar-refractivity contribution is 1.15. The van der Waals surface area contributed by atoms with Crippen molar-refractivity contribution in [2.45, 2.75) is 40.5 Å². The molecule has 0 unspecified atom stereocenters. The molecule has 0 N–H and O–H groups in total. The molecule has 0 saturated heterocycles. The minimum Gasteiger partial charge on any atom is -0.236 e. The Kier molecular flexibility index (Phi) is 20.1. The Hall–Kier alpha value is -15.5. The second-order valence-electron chi connectivity index (χ2n) is 35.1. The van der Waals surface area contributed by atoms with Crippen molar-refractivity contribution in [3.05, 3.63) is 435 Å². The molecule has 0 aliphatic carbocycles. The van der Waals surface area contributed by atoms with Crippen LogP contribution in [0.15, 0.2) is 413 Å². The van der Waals surface area contributed by atoms with Gasteiger partial charge in [-0.1, -0.05) is 389 Å². The van der Waals surface area contributed by atoms with Crippen molar-refractivity contribution in [1.29, 1.82) is 0 Å². The van der Waals surface area contributed by atoms with Gasteiger partial charge in [0, 0.05) is 33.0 Å². The first kappa shape index (κ1) is 80.5. The number of benzene rings is 22. The molecule has 0 fully saturated rings.